The molecule has 4 aromatic rings. The maximum atomic E-state index is 14.9. The van der Waals surface area contributed by atoms with Crippen LogP contribution in [-0.4, -0.2) is 40.6 Å². The monoisotopic (exact) mass is 504 g/mol. The summed E-state index contributed by atoms with van der Waals surface area (Å²) in [5.41, 5.74) is 3.06. The second kappa shape index (κ2) is 10.8. The summed E-state index contributed by atoms with van der Waals surface area (Å²) in [6.45, 7) is 4.00. The minimum Gasteiger partial charge on any atom is -0.476 e. The van der Waals surface area contributed by atoms with Crippen molar-refractivity contribution in [2.24, 2.45) is 5.92 Å². The van der Waals surface area contributed by atoms with Crippen molar-refractivity contribution in [3.05, 3.63) is 71.8 Å². The summed E-state index contributed by atoms with van der Waals surface area (Å²) in [7, 11) is 0. The van der Waals surface area contributed by atoms with Crippen molar-refractivity contribution in [2.45, 2.75) is 19.9 Å². The third kappa shape index (κ3) is 5.64. The molecule has 1 fully saturated rings. The normalized spacial score (nSPS) is 15.1. The van der Waals surface area contributed by atoms with Gasteiger partial charge in [0.05, 0.1) is 29.4 Å². The molecule has 0 saturated carbocycles. The van der Waals surface area contributed by atoms with Crippen LogP contribution in [0.15, 0.2) is 54.6 Å². The number of rotatable bonds is 8. The Morgan fingerprint density at radius 2 is 1.92 bits per heavy atom. The van der Waals surface area contributed by atoms with Crippen molar-refractivity contribution >= 4 is 28.6 Å². The largest absolute Gasteiger partial charge is 0.476 e. The van der Waals surface area contributed by atoms with Crippen LogP contribution in [0.5, 0.6) is 5.88 Å². The number of aromatic nitrogens is 3. The van der Waals surface area contributed by atoms with Gasteiger partial charge in [0.25, 0.3) is 0 Å². The molecule has 1 aliphatic rings. The topological polar surface area (TPSA) is 101 Å². The van der Waals surface area contributed by atoms with Crippen molar-refractivity contribution in [2.75, 3.05) is 30.3 Å². The molecule has 3 heterocycles. The number of ether oxygens (including phenoxy) is 1. The van der Waals surface area contributed by atoms with Gasteiger partial charge in [0, 0.05) is 18.7 Å². The summed E-state index contributed by atoms with van der Waals surface area (Å²) in [6.07, 6.45) is 0.736. The Balaban J connectivity index is 1.38. The van der Waals surface area contributed by atoms with Crippen LogP contribution in [0.2, 0.25) is 0 Å². The molecule has 1 aliphatic heterocycles. The standard InChI is InChI=1S/C27H26F2N6O2/c1-2-37-26-24-23(34-27(35-26)31-14-16-3-6-19(28)7-4-16)10-9-21(32-24)17-5-8-22(20(29)13-17)33-25(36)18-11-12-30-15-18/h3-10,13,18,30H,2,11-12,14-15H2,1H3,(H,33,36)(H,31,34,35)/t18-/m0/s1. The van der Waals surface area contributed by atoms with Gasteiger partial charge in [0.15, 0.2) is 5.52 Å². The number of hydrogen-bond acceptors (Lipinski definition) is 7. The first-order valence-corrected chi connectivity index (χ1v) is 12.1. The second-order valence-electron chi connectivity index (χ2n) is 8.70. The number of benzene rings is 2. The number of hydrogen-bond donors (Lipinski definition) is 3. The van der Waals surface area contributed by atoms with Gasteiger partial charge in [-0.15, -0.1) is 0 Å². The van der Waals surface area contributed by atoms with Crippen molar-refractivity contribution in [3.63, 3.8) is 0 Å². The van der Waals surface area contributed by atoms with E-state index in [1.165, 1.54) is 18.2 Å². The summed E-state index contributed by atoms with van der Waals surface area (Å²) >= 11 is 0. The predicted octanol–water partition coefficient (Wildman–Crippen LogP) is 4.53. The average Bonchev–Trinajstić information content (AvgIpc) is 3.45. The molecule has 0 unspecified atom stereocenters. The van der Waals surface area contributed by atoms with Crippen LogP contribution < -0.4 is 20.7 Å². The maximum absolute atomic E-state index is 14.9. The van der Waals surface area contributed by atoms with Crippen LogP contribution in [-0.2, 0) is 11.3 Å². The summed E-state index contributed by atoms with van der Waals surface area (Å²) in [5.74, 6) is -0.549. The van der Waals surface area contributed by atoms with Gasteiger partial charge < -0.3 is 20.7 Å². The lowest BCUT2D eigenvalue weighted by Crippen LogP contribution is -2.25. The van der Waals surface area contributed by atoms with Gasteiger partial charge in [0.1, 0.15) is 11.6 Å². The van der Waals surface area contributed by atoms with Crippen LogP contribution in [0.1, 0.15) is 18.9 Å². The molecule has 10 heteroatoms. The molecule has 3 N–H and O–H groups in total. The number of nitrogens with zero attached hydrogens (tertiary/aromatic N) is 3. The number of carbonyl (C=O) groups excluding carboxylic acids is 1. The molecule has 0 radical (unpaired) electrons. The summed E-state index contributed by atoms with van der Waals surface area (Å²) in [4.78, 5) is 26.0. The molecule has 2 aromatic carbocycles. The van der Waals surface area contributed by atoms with E-state index in [-0.39, 0.29) is 23.3 Å². The SMILES string of the molecule is CCOc1nc(NCc2ccc(F)cc2)nc2ccc(-c3ccc(NC(=O)[C@H]4CCNC4)c(F)c3)nc12. The first-order valence-electron chi connectivity index (χ1n) is 12.1. The lowest BCUT2D eigenvalue weighted by molar-refractivity contribution is -0.119. The van der Waals surface area contributed by atoms with Crippen LogP contribution in [0.3, 0.4) is 0 Å². The highest BCUT2D eigenvalue weighted by Crippen LogP contribution is 2.29. The van der Waals surface area contributed by atoms with E-state index >= 15 is 0 Å². The van der Waals surface area contributed by atoms with E-state index in [9.17, 15) is 13.6 Å². The quantitative estimate of drug-likeness (QED) is 0.324. The van der Waals surface area contributed by atoms with E-state index in [1.54, 1.807) is 36.4 Å². The zero-order chi connectivity index (χ0) is 25.8. The van der Waals surface area contributed by atoms with Gasteiger partial charge >= 0.3 is 0 Å². The summed E-state index contributed by atoms with van der Waals surface area (Å²) in [5, 5.41) is 8.94. The average molecular weight is 505 g/mol. The maximum Gasteiger partial charge on any atom is 0.245 e. The van der Waals surface area contributed by atoms with E-state index < -0.39 is 5.82 Å². The molecule has 190 valence electrons. The Kier molecular flexibility index (Phi) is 7.18. The van der Waals surface area contributed by atoms with Gasteiger partial charge in [-0.2, -0.15) is 4.98 Å². The zero-order valence-corrected chi connectivity index (χ0v) is 20.2. The Labute approximate surface area is 212 Å². The molecule has 0 aliphatic carbocycles. The fourth-order valence-electron chi connectivity index (χ4n) is 4.14. The highest BCUT2D eigenvalue weighted by molar-refractivity contribution is 5.93. The first-order chi connectivity index (χ1) is 18.0. The highest BCUT2D eigenvalue weighted by Gasteiger charge is 2.23. The predicted molar refractivity (Wildman–Crippen MR) is 137 cm³/mol. The summed E-state index contributed by atoms with van der Waals surface area (Å²) < 4.78 is 33.7. The van der Waals surface area contributed by atoms with Gasteiger partial charge in [-0.3, -0.25) is 4.79 Å². The number of anilines is 2. The van der Waals surface area contributed by atoms with Crippen LogP contribution >= 0.6 is 0 Å². The Bertz CT molecular complexity index is 1420. The number of pyridine rings is 1. The fraction of sp³-hybridized carbons (Fsp3) is 0.259. The zero-order valence-electron chi connectivity index (χ0n) is 20.2. The van der Waals surface area contributed by atoms with Crippen molar-refractivity contribution < 1.29 is 18.3 Å². The minimum atomic E-state index is -0.541. The molecular weight excluding hydrogens is 478 g/mol. The summed E-state index contributed by atoms with van der Waals surface area (Å²) in [6, 6.07) is 14.3. The number of halogens is 2. The van der Waals surface area contributed by atoms with E-state index in [2.05, 4.69) is 30.9 Å². The van der Waals surface area contributed by atoms with E-state index in [1.807, 2.05) is 6.92 Å². The third-order valence-corrected chi connectivity index (χ3v) is 6.11. The molecule has 0 bridgehead atoms. The van der Waals surface area contributed by atoms with Gasteiger partial charge in [-0.05, 0) is 61.9 Å². The fourth-order valence-corrected chi connectivity index (χ4v) is 4.14. The molecular formula is C27H26F2N6O2. The molecule has 37 heavy (non-hydrogen) atoms. The number of amides is 1. The minimum absolute atomic E-state index is 0.136. The van der Waals surface area contributed by atoms with Gasteiger partial charge in [-0.1, -0.05) is 18.2 Å². The lowest BCUT2D eigenvalue weighted by Gasteiger charge is -2.13. The molecule has 2 aromatic heterocycles. The van der Waals surface area contributed by atoms with Crippen molar-refractivity contribution in [1.82, 2.24) is 20.3 Å². The van der Waals surface area contributed by atoms with Crippen LogP contribution in [0, 0.1) is 17.6 Å². The van der Waals surface area contributed by atoms with Crippen molar-refractivity contribution in [3.8, 4) is 17.1 Å². The van der Waals surface area contributed by atoms with E-state index in [0.717, 1.165) is 18.5 Å². The molecule has 5 rings (SSSR count). The number of carbonyl (C=O) groups is 1. The van der Waals surface area contributed by atoms with E-state index in [4.69, 9.17) is 4.74 Å². The second-order valence-corrected chi connectivity index (χ2v) is 8.70. The molecule has 0 spiro atoms. The van der Waals surface area contributed by atoms with Crippen LogP contribution in [0.4, 0.5) is 20.4 Å². The lowest BCUT2D eigenvalue weighted by atomic mass is 10.1. The molecule has 1 amide bonds. The molecule has 1 saturated heterocycles. The van der Waals surface area contributed by atoms with Crippen LogP contribution in [0.25, 0.3) is 22.3 Å². The molecule has 8 nitrogen and oxygen atoms in total. The third-order valence-electron chi connectivity index (χ3n) is 6.11. The Morgan fingerprint density at radius 1 is 1.08 bits per heavy atom. The number of nitrogens with one attached hydrogen (secondary N) is 3. The Morgan fingerprint density at radius 3 is 2.65 bits per heavy atom. The first kappa shape index (κ1) is 24.5. The Hall–Kier alpha value is -4.18. The highest BCUT2D eigenvalue weighted by atomic mass is 19.1. The smallest absolute Gasteiger partial charge is 0.245 e. The van der Waals surface area contributed by atoms with Gasteiger partial charge in [0.2, 0.25) is 17.7 Å². The molecule has 1 atom stereocenters. The van der Waals surface area contributed by atoms with Gasteiger partial charge in [-0.25, -0.2) is 18.7 Å². The van der Waals surface area contributed by atoms with E-state index in [0.29, 0.717) is 53.8 Å². The van der Waals surface area contributed by atoms with Crippen molar-refractivity contribution in [1.29, 1.82) is 0 Å². The number of fused-ring (bicyclic) bond motifs is 1.